The van der Waals surface area contributed by atoms with Gasteiger partial charge in [0.15, 0.2) is 18.1 Å². The first-order valence-electron chi connectivity index (χ1n) is 10.1. The molecule has 3 aromatic rings. The highest BCUT2D eigenvalue weighted by Crippen LogP contribution is 2.36. The van der Waals surface area contributed by atoms with Crippen LogP contribution in [0, 0.1) is 0 Å². The van der Waals surface area contributed by atoms with E-state index in [2.05, 4.69) is 15.8 Å². The van der Waals surface area contributed by atoms with Crippen LogP contribution in [0.25, 0.3) is 0 Å². The molecule has 0 fully saturated rings. The SMILES string of the molecule is CCOc1cc(/C=N/NC(=O)c2ccc(Cl)cc2)cc(Cl)c1OCC(=O)Nc1ccccc1Cl. The molecule has 0 aliphatic rings. The molecule has 176 valence electrons. The molecule has 0 saturated heterocycles. The summed E-state index contributed by atoms with van der Waals surface area (Å²) in [6.07, 6.45) is 1.41. The molecule has 3 aromatic carbocycles. The van der Waals surface area contributed by atoms with Gasteiger partial charge in [-0.25, -0.2) is 5.43 Å². The van der Waals surface area contributed by atoms with Crippen molar-refractivity contribution in [3.05, 3.63) is 86.9 Å². The molecule has 0 aliphatic heterocycles. The highest BCUT2D eigenvalue weighted by molar-refractivity contribution is 6.34. The third-order valence-electron chi connectivity index (χ3n) is 4.31. The number of amides is 2. The van der Waals surface area contributed by atoms with Gasteiger partial charge in [0.1, 0.15) is 0 Å². The topological polar surface area (TPSA) is 89.0 Å². The van der Waals surface area contributed by atoms with Crippen molar-refractivity contribution in [3.63, 3.8) is 0 Å². The Labute approximate surface area is 211 Å². The maximum absolute atomic E-state index is 12.3. The van der Waals surface area contributed by atoms with E-state index in [9.17, 15) is 9.59 Å². The molecule has 3 rings (SSSR count). The average Bonchev–Trinajstić information content (AvgIpc) is 2.80. The number of hydrogen-bond acceptors (Lipinski definition) is 5. The number of nitrogens with one attached hydrogen (secondary N) is 2. The normalized spacial score (nSPS) is 10.7. The van der Waals surface area contributed by atoms with E-state index in [4.69, 9.17) is 44.3 Å². The van der Waals surface area contributed by atoms with E-state index >= 15 is 0 Å². The summed E-state index contributed by atoms with van der Waals surface area (Å²) in [5.41, 5.74) is 3.87. The lowest BCUT2D eigenvalue weighted by Gasteiger charge is -2.14. The molecule has 34 heavy (non-hydrogen) atoms. The number of rotatable bonds is 9. The summed E-state index contributed by atoms with van der Waals surface area (Å²) in [5.74, 6) is -0.276. The van der Waals surface area contributed by atoms with Gasteiger partial charge >= 0.3 is 0 Å². The maximum Gasteiger partial charge on any atom is 0.271 e. The van der Waals surface area contributed by atoms with Gasteiger partial charge in [0.2, 0.25) is 0 Å². The van der Waals surface area contributed by atoms with Crippen molar-refractivity contribution in [2.75, 3.05) is 18.5 Å². The number of ether oxygens (including phenoxy) is 2. The van der Waals surface area contributed by atoms with Crippen LogP contribution in [-0.2, 0) is 4.79 Å². The summed E-state index contributed by atoms with van der Waals surface area (Å²) in [5, 5.41) is 7.77. The van der Waals surface area contributed by atoms with Gasteiger partial charge in [-0.3, -0.25) is 9.59 Å². The lowest BCUT2D eigenvalue weighted by Crippen LogP contribution is -2.20. The van der Waals surface area contributed by atoms with Crippen LogP contribution in [0.2, 0.25) is 15.1 Å². The Morgan fingerprint density at radius 2 is 1.71 bits per heavy atom. The Hall–Kier alpha value is -3.26. The van der Waals surface area contributed by atoms with Crippen LogP contribution in [0.1, 0.15) is 22.8 Å². The van der Waals surface area contributed by atoms with Crippen LogP contribution in [0.15, 0.2) is 65.8 Å². The standard InChI is InChI=1S/C24H20Cl3N3O4/c1-2-33-21-12-15(13-28-30-24(32)16-7-9-17(25)10-8-16)11-19(27)23(21)34-14-22(31)29-20-6-4-3-5-18(20)26/h3-13H,2,14H2,1H3,(H,29,31)(H,30,32)/b28-13+. The first-order valence-corrected chi connectivity index (χ1v) is 11.2. The number of hydrogen-bond donors (Lipinski definition) is 2. The zero-order valence-electron chi connectivity index (χ0n) is 18.0. The lowest BCUT2D eigenvalue weighted by atomic mass is 10.2. The summed E-state index contributed by atoms with van der Waals surface area (Å²) < 4.78 is 11.2. The van der Waals surface area contributed by atoms with Crippen LogP contribution in [-0.4, -0.2) is 31.2 Å². The molecule has 10 heteroatoms. The Morgan fingerprint density at radius 3 is 2.41 bits per heavy atom. The zero-order chi connectivity index (χ0) is 24.5. The van der Waals surface area contributed by atoms with Crippen molar-refractivity contribution in [3.8, 4) is 11.5 Å². The molecule has 0 radical (unpaired) electrons. The maximum atomic E-state index is 12.3. The van der Waals surface area contributed by atoms with Crippen molar-refractivity contribution in [1.29, 1.82) is 0 Å². The summed E-state index contributed by atoms with van der Waals surface area (Å²) in [6, 6.07) is 16.5. The average molecular weight is 521 g/mol. The predicted octanol–water partition coefficient (Wildman–Crippen LogP) is 5.83. The van der Waals surface area contributed by atoms with Crippen molar-refractivity contribution in [2.45, 2.75) is 6.92 Å². The van der Waals surface area contributed by atoms with Crippen LogP contribution in [0.3, 0.4) is 0 Å². The molecule has 0 aliphatic carbocycles. The first-order chi connectivity index (χ1) is 16.4. The van der Waals surface area contributed by atoms with Gasteiger partial charge in [-0.05, 0) is 61.0 Å². The first kappa shape index (κ1) is 25.4. The van der Waals surface area contributed by atoms with Crippen molar-refractivity contribution in [1.82, 2.24) is 5.43 Å². The minimum absolute atomic E-state index is 0.208. The minimum Gasteiger partial charge on any atom is -0.490 e. The number of anilines is 1. The third-order valence-corrected chi connectivity index (χ3v) is 5.18. The number of halogens is 3. The smallest absolute Gasteiger partial charge is 0.271 e. The summed E-state index contributed by atoms with van der Waals surface area (Å²) >= 11 is 18.3. The fourth-order valence-corrected chi connectivity index (χ4v) is 3.37. The molecule has 0 unspecified atom stereocenters. The van der Waals surface area contributed by atoms with E-state index in [1.54, 1.807) is 67.6 Å². The second-order valence-corrected chi connectivity index (χ2v) is 8.04. The largest absolute Gasteiger partial charge is 0.490 e. The molecule has 2 N–H and O–H groups in total. The Balaban J connectivity index is 1.66. The van der Waals surface area contributed by atoms with Crippen LogP contribution < -0.4 is 20.2 Å². The number of hydrazone groups is 1. The van der Waals surface area contributed by atoms with Gasteiger partial charge in [-0.15, -0.1) is 0 Å². The molecular formula is C24H20Cl3N3O4. The van der Waals surface area contributed by atoms with E-state index < -0.39 is 11.8 Å². The van der Waals surface area contributed by atoms with Gasteiger partial charge in [-0.2, -0.15) is 5.10 Å². The fourth-order valence-electron chi connectivity index (χ4n) is 2.78. The minimum atomic E-state index is -0.415. The van der Waals surface area contributed by atoms with Crippen molar-refractivity contribution in [2.24, 2.45) is 5.10 Å². The van der Waals surface area contributed by atoms with Gasteiger partial charge in [0.05, 0.1) is 28.6 Å². The number of carbonyl (C=O) groups excluding carboxylic acids is 2. The highest BCUT2D eigenvalue weighted by atomic mass is 35.5. The molecule has 0 aromatic heterocycles. The molecule has 2 amide bonds. The van der Waals surface area contributed by atoms with Crippen LogP contribution in [0.4, 0.5) is 5.69 Å². The lowest BCUT2D eigenvalue weighted by molar-refractivity contribution is -0.118. The quantitative estimate of drug-likeness (QED) is 0.274. The molecular weight excluding hydrogens is 501 g/mol. The summed E-state index contributed by atoms with van der Waals surface area (Å²) in [4.78, 5) is 24.4. The van der Waals surface area contributed by atoms with Gasteiger partial charge < -0.3 is 14.8 Å². The molecule has 0 heterocycles. The van der Waals surface area contributed by atoms with E-state index in [-0.39, 0.29) is 17.4 Å². The third kappa shape index (κ3) is 7.12. The Bertz CT molecular complexity index is 1200. The van der Waals surface area contributed by atoms with Crippen molar-refractivity contribution >= 4 is 58.5 Å². The number of nitrogens with zero attached hydrogens (tertiary/aromatic N) is 1. The van der Waals surface area contributed by atoms with E-state index in [0.29, 0.717) is 39.2 Å². The second-order valence-electron chi connectivity index (χ2n) is 6.79. The molecule has 0 bridgehead atoms. The Kier molecular flexibility index (Phi) is 9.16. The van der Waals surface area contributed by atoms with E-state index in [1.807, 2.05) is 0 Å². The highest BCUT2D eigenvalue weighted by Gasteiger charge is 2.15. The summed E-state index contributed by atoms with van der Waals surface area (Å²) in [6.45, 7) is 1.83. The monoisotopic (exact) mass is 519 g/mol. The van der Waals surface area contributed by atoms with Crippen LogP contribution in [0.5, 0.6) is 11.5 Å². The molecule has 0 saturated carbocycles. The molecule has 7 nitrogen and oxygen atoms in total. The Morgan fingerprint density at radius 1 is 0.971 bits per heavy atom. The van der Waals surface area contributed by atoms with Gasteiger partial charge in [-0.1, -0.05) is 46.9 Å². The predicted molar refractivity (Wildman–Crippen MR) is 135 cm³/mol. The van der Waals surface area contributed by atoms with Gasteiger partial charge in [0, 0.05) is 10.6 Å². The fraction of sp³-hybridized carbons (Fsp3) is 0.125. The number of para-hydroxylation sites is 1. The zero-order valence-corrected chi connectivity index (χ0v) is 20.2. The van der Waals surface area contributed by atoms with Gasteiger partial charge in [0.25, 0.3) is 11.8 Å². The molecule has 0 spiro atoms. The van der Waals surface area contributed by atoms with Crippen LogP contribution >= 0.6 is 34.8 Å². The number of benzene rings is 3. The van der Waals surface area contributed by atoms with Crippen molar-refractivity contribution < 1.29 is 19.1 Å². The summed E-state index contributed by atoms with van der Waals surface area (Å²) in [7, 11) is 0. The van der Waals surface area contributed by atoms with E-state index in [0.717, 1.165) is 0 Å². The number of carbonyl (C=O) groups is 2. The molecule has 0 atom stereocenters. The second kappa shape index (κ2) is 12.3. The van der Waals surface area contributed by atoms with E-state index in [1.165, 1.54) is 6.21 Å².